The second kappa shape index (κ2) is 4.61. The summed E-state index contributed by atoms with van der Waals surface area (Å²) in [7, 11) is 0. The van der Waals surface area contributed by atoms with Gasteiger partial charge < -0.3 is 5.73 Å². The maximum atomic E-state index is 5.84. The highest BCUT2D eigenvalue weighted by atomic mass is 32.1. The Morgan fingerprint density at radius 1 is 1.15 bits per heavy atom. The number of para-hydroxylation sites is 1. The Morgan fingerprint density at radius 3 is 2.65 bits per heavy atom. The van der Waals surface area contributed by atoms with E-state index in [1.807, 2.05) is 38.1 Å². The first kappa shape index (κ1) is 12.6. The third-order valence-corrected chi connectivity index (χ3v) is 3.44. The predicted octanol–water partition coefficient (Wildman–Crippen LogP) is 1.46. The molecule has 100 valence electrons. The predicted molar refractivity (Wildman–Crippen MR) is 79.8 cm³/mol. The van der Waals surface area contributed by atoms with Gasteiger partial charge in [-0.05, 0) is 31.5 Å². The Balaban J connectivity index is 2.35. The quantitative estimate of drug-likeness (QED) is 0.717. The van der Waals surface area contributed by atoms with Crippen LogP contribution in [0.2, 0.25) is 0 Å². The number of hydrogen-bond acceptors (Lipinski definition) is 5. The van der Waals surface area contributed by atoms with Crippen molar-refractivity contribution in [1.29, 1.82) is 0 Å². The van der Waals surface area contributed by atoms with E-state index in [4.69, 9.17) is 18.0 Å². The number of hydrogen-bond donors (Lipinski definition) is 1. The zero-order valence-electron chi connectivity index (χ0n) is 11.0. The van der Waals surface area contributed by atoms with Crippen molar-refractivity contribution >= 4 is 28.2 Å². The number of benzene rings is 1. The lowest BCUT2D eigenvalue weighted by Gasteiger charge is -2.11. The van der Waals surface area contributed by atoms with Gasteiger partial charge in [-0.25, -0.2) is 0 Å². The highest BCUT2D eigenvalue weighted by Gasteiger charge is 2.17. The van der Waals surface area contributed by atoms with E-state index in [-0.39, 0.29) is 4.99 Å². The SMILES string of the molecule is Cc1nnc(-n2nnc3ccccc32)c(C(N)=S)c1C. The van der Waals surface area contributed by atoms with Crippen LogP contribution < -0.4 is 5.73 Å². The van der Waals surface area contributed by atoms with Crippen molar-refractivity contribution in [3.63, 3.8) is 0 Å². The minimum atomic E-state index is 0.273. The van der Waals surface area contributed by atoms with Crippen molar-refractivity contribution in [2.75, 3.05) is 0 Å². The molecule has 3 rings (SSSR count). The van der Waals surface area contributed by atoms with Gasteiger partial charge in [-0.3, -0.25) is 0 Å². The van der Waals surface area contributed by atoms with Gasteiger partial charge in [0, 0.05) is 0 Å². The van der Waals surface area contributed by atoms with Crippen LogP contribution in [-0.4, -0.2) is 30.2 Å². The van der Waals surface area contributed by atoms with Crippen LogP contribution in [0.5, 0.6) is 0 Å². The second-order valence-corrected chi connectivity index (χ2v) is 4.90. The van der Waals surface area contributed by atoms with Crippen LogP contribution in [-0.2, 0) is 0 Å². The van der Waals surface area contributed by atoms with Gasteiger partial charge in [-0.1, -0.05) is 29.6 Å². The first-order valence-corrected chi connectivity index (χ1v) is 6.45. The number of nitrogens with zero attached hydrogens (tertiary/aromatic N) is 5. The Labute approximate surface area is 120 Å². The molecule has 7 heteroatoms. The maximum absolute atomic E-state index is 5.84. The highest BCUT2D eigenvalue weighted by Crippen LogP contribution is 2.20. The average molecular weight is 284 g/mol. The van der Waals surface area contributed by atoms with E-state index in [9.17, 15) is 0 Å². The molecule has 0 saturated heterocycles. The number of rotatable bonds is 2. The van der Waals surface area contributed by atoms with Crippen molar-refractivity contribution in [3.05, 3.63) is 41.1 Å². The van der Waals surface area contributed by atoms with E-state index in [1.54, 1.807) is 4.68 Å². The van der Waals surface area contributed by atoms with E-state index in [0.29, 0.717) is 11.4 Å². The molecule has 0 bridgehead atoms. The van der Waals surface area contributed by atoms with Crippen molar-refractivity contribution in [3.8, 4) is 5.82 Å². The van der Waals surface area contributed by atoms with Crippen LogP contribution in [0.25, 0.3) is 16.9 Å². The summed E-state index contributed by atoms with van der Waals surface area (Å²) >= 11 is 5.14. The number of thiocarbonyl (C=S) groups is 1. The third kappa shape index (κ3) is 1.83. The van der Waals surface area contributed by atoms with Crippen LogP contribution in [0.3, 0.4) is 0 Å². The van der Waals surface area contributed by atoms with Crippen LogP contribution in [0.4, 0.5) is 0 Å². The molecule has 0 aliphatic heterocycles. The molecule has 1 aromatic carbocycles. The Bertz CT molecular complexity index is 823. The lowest BCUT2D eigenvalue weighted by Crippen LogP contribution is -2.19. The molecule has 0 aliphatic rings. The van der Waals surface area contributed by atoms with E-state index in [2.05, 4.69) is 20.5 Å². The molecular formula is C13H12N6S. The molecule has 0 fully saturated rings. The van der Waals surface area contributed by atoms with Crippen LogP contribution in [0, 0.1) is 13.8 Å². The summed E-state index contributed by atoms with van der Waals surface area (Å²) in [6, 6.07) is 7.61. The normalized spacial score (nSPS) is 10.9. The van der Waals surface area contributed by atoms with Crippen LogP contribution >= 0.6 is 12.2 Å². The fourth-order valence-corrected chi connectivity index (χ4v) is 2.31. The van der Waals surface area contributed by atoms with Gasteiger partial charge in [0.25, 0.3) is 0 Å². The van der Waals surface area contributed by atoms with Gasteiger partial charge in [0.1, 0.15) is 10.5 Å². The molecule has 0 saturated carbocycles. The van der Waals surface area contributed by atoms with E-state index in [0.717, 1.165) is 22.3 Å². The van der Waals surface area contributed by atoms with Gasteiger partial charge in [0.15, 0.2) is 5.82 Å². The van der Waals surface area contributed by atoms with Gasteiger partial charge in [0.2, 0.25) is 0 Å². The summed E-state index contributed by atoms with van der Waals surface area (Å²) < 4.78 is 1.61. The van der Waals surface area contributed by atoms with Gasteiger partial charge >= 0.3 is 0 Å². The van der Waals surface area contributed by atoms with Crippen molar-refractivity contribution in [1.82, 2.24) is 25.2 Å². The summed E-state index contributed by atoms with van der Waals surface area (Å²) in [5.74, 6) is 0.509. The molecule has 2 heterocycles. The van der Waals surface area contributed by atoms with E-state index >= 15 is 0 Å². The van der Waals surface area contributed by atoms with Crippen LogP contribution in [0.1, 0.15) is 16.8 Å². The minimum absolute atomic E-state index is 0.273. The van der Waals surface area contributed by atoms with Crippen molar-refractivity contribution < 1.29 is 0 Å². The Kier molecular flexibility index (Phi) is 2.90. The molecule has 0 amide bonds. The zero-order chi connectivity index (χ0) is 14.3. The monoisotopic (exact) mass is 284 g/mol. The Hall–Kier alpha value is -2.41. The first-order valence-electron chi connectivity index (χ1n) is 6.04. The largest absolute Gasteiger partial charge is 0.389 e. The topological polar surface area (TPSA) is 82.5 Å². The highest BCUT2D eigenvalue weighted by molar-refractivity contribution is 7.80. The fraction of sp³-hybridized carbons (Fsp3) is 0.154. The number of aromatic nitrogens is 5. The molecule has 3 aromatic rings. The van der Waals surface area contributed by atoms with Crippen molar-refractivity contribution in [2.24, 2.45) is 5.73 Å². The zero-order valence-corrected chi connectivity index (χ0v) is 11.8. The molecule has 2 N–H and O–H groups in total. The van der Waals surface area contributed by atoms with Crippen LogP contribution in [0.15, 0.2) is 24.3 Å². The maximum Gasteiger partial charge on any atom is 0.188 e. The molecule has 0 aliphatic carbocycles. The molecule has 20 heavy (non-hydrogen) atoms. The summed E-state index contributed by atoms with van der Waals surface area (Å²) in [4.78, 5) is 0.273. The third-order valence-electron chi connectivity index (χ3n) is 3.23. The molecule has 0 spiro atoms. The molecule has 0 radical (unpaired) electrons. The molecule has 2 aromatic heterocycles. The smallest absolute Gasteiger partial charge is 0.188 e. The molecular weight excluding hydrogens is 272 g/mol. The number of nitrogens with two attached hydrogens (primary N) is 1. The van der Waals surface area contributed by atoms with Gasteiger partial charge in [-0.2, -0.15) is 9.78 Å². The minimum Gasteiger partial charge on any atom is -0.389 e. The second-order valence-electron chi connectivity index (χ2n) is 4.46. The fourth-order valence-electron chi connectivity index (χ4n) is 2.06. The summed E-state index contributed by atoms with van der Waals surface area (Å²) in [5.41, 5.74) is 9.83. The summed E-state index contributed by atoms with van der Waals surface area (Å²) in [5, 5.41) is 16.6. The molecule has 6 nitrogen and oxygen atoms in total. The molecule has 0 unspecified atom stereocenters. The lowest BCUT2D eigenvalue weighted by atomic mass is 10.1. The standard InChI is InChI=1S/C13H12N6S/c1-7-8(2)15-17-13(11(7)12(14)20)19-10-6-4-3-5-9(10)16-18-19/h3-6H,1-2H3,(H2,14,20). The first-order chi connectivity index (χ1) is 9.59. The van der Waals surface area contributed by atoms with E-state index < -0.39 is 0 Å². The number of aryl methyl sites for hydroxylation is 1. The average Bonchev–Trinajstić information content (AvgIpc) is 2.85. The van der Waals surface area contributed by atoms with Gasteiger partial charge in [0.05, 0.1) is 16.8 Å². The summed E-state index contributed by atoms with van der Waals surface area (Å²) in [6.45, 7) is 3.79. The lowest BCUT2D eigenvalue weighted by molar-refractivity contribution is 0.770. The van der Waals surface area contributed by atoms with Crippen molar-refractivity contribution in [2.45, 2.75) is 13.8 Å². The Morgan fingerprint density at radius 2 is 1.90 bits per heavy atom. The van der Waals surface area contributed by atoms with Gasteiger partial charge in [-0.15, -0.1) is 10.2 Å². The molecule has 0 atom stereocenters. The van der Waals surface area contributed by atoms with E-state index in [1.165, 1.54) is 0 Å². The summed E-state index contributed by atoms with van der Waals surface area (Å²) in [6.07, 6.45) is 0. The number of fused-ring (bicyclic) bond motifs is 1.